The van der Waals surface area contributed by atoms with Crippen molar-refractivity contribution in [1.29, 1.82) is 0 Å². The quantitative estimate of drug-likeness (QED) is 0.849. The van der Waals surface area contributed by atoms with Gasteiger partial charge in [0.15, 0.2) is 11.5 Å². The molecular weight excluding hydrogens is 278 g/mol. The fourth-order valence-corrected chi connectivity index (χ4v) is 2.64. The van der Waals surface area contributed by atoms with Crippen LogP contribution in [-0.2, 0) is 13.1 Å². The highest BCUT2D eigenvalue weighted by molar-refractivity contribution is 5.43. The molecule has 0 atom stereocenters. The van der Waals surface area contributed by atoms with E-state index in [1.807, 2.05) is 18.2 Å². The van der Waals surface area contributed by atoms with Gasteiger partial charge in [-0.15, -0.1) is 0 Å². The van der Waals surface area contributed by atoms with E-state index < -0.39 is 0 Å². The van der Waals surface area contributed by atoms with Gasteiger partial charge in [-0.2, -0.15) is 0 Å². The maximum Gasteiger partial charge on any atom is 0.161 e. The lowest BCUT2D eigenvalue weighted by Gasteiger charge is -2.21. The Kier molecular flexibility index (Phi) is 4.49. The predicted molar refractivity (Wildman–Crippen MR) is 85.6 cm³/mol. The fourth-order valence-electron chi connectivity index (χ4n) is 2.64. The monoisotopic (exact) mass is 299 g/mol. The Bertz CT molecular complexity index is 642. The average molecular weight is 299 g/mol. The summed E-state index contributed by atoms with van der Waals surface area (Å²) in [6, 6.07) is 14.3. The zero-order chi connectivity index (χ0) is 15.4. The first-order valence-corrected chi connectivity index (χ1v) is 7.44. The summed E-state index contributed by atoms with van der Waals surface area (Å²) in [5.41, 5.74) is 2.45. The smallest absolute Gasteiger partial charge is 0.161 e. The molecule has 2 aromatic carbocycles. The Morgan fingerprint density at radius 2 is 1.68 bits per heavy atom. The first kappa shape index (κ1) is 14.7. The van der Waals surface area contributed by atoms with Crippen LogP contribution in [0.5, 0.6) is 17.2 Å². The molecule has 3 rings (SSSR count). The minimum absolute atomic E-state index is 0.621. The maximum atomic E-state index is 5.63. The molecule has 0 unspecified atom stereocenters. The van der Waals surface area contributed by atoms with E-state index in [-0.39, 0.29) is 0 Å². The zero-order valence-corrected chi connectivity index (χ0v) is 13.0. The van der Waals surface area contributed by atoms with Crippen molar-refractivity contribution in [2.45, 2.75) is 13.1 Å². The van der Waals surface area contributed by atoms with E-state index in [1.165, 1.54) is 11.1 Å². The molecule has 0 fully saturated rings. The molecule has 4 heteroatoms. The summed E-state index contributed by atoms with van der Waals surface area (Å²) in [6.07, 6.45) is 0. The predicted octanol–water partition coefficient (Wildman–Crippen LogP) is 3.10. The van der Waals surface area contributed by atoms with E-state index in [2.05, 4.69) is 36.2 Å². The molecule has 1 aliphatic rings. The number of hydrogen-bond donors (Lipinski definition) is 0. The van der Waals surface area contributed by atoms with Gasteiger partial charge in [0.05, 0.1) is 7.11 Å². The van der Waals surface area contributed by atoms with Gasteiger partial charge in [0.25, 0.3) is 0 Å². The van der Waals surface area contributed by atoms with Gasteiger partial charge in [0.2, 0.25) is 0 Å². The summed E-state index contributed by atoms with van der Waals surface area (Å²) in [6.45, 7) is 2.97. The lowest BCUT2D eigenvalue weighted by molar-refractivity contribution is 0.171. The molecule has 0 spiro atoms. The minimum Gasteiger partial charge on any atom is -0.497 e. The van der Waals surface area contributed by atoms with Crippen LogP contribution < -0.4 is 14.2 Å². The second-order valence-electron chi connectivity index (χ2n) is 5.50. The molecule has 22 heavy (non-hydrogen) atoms. The molecule has 0 aliphatic carbocycles. The third-order valence-electron chi connectivity index (χ3n) is 3.65. The Hall–Kier alpha value is -2.20. The first-order chi connectivity index (χ1) is 10.7. The van der Waals surface area contributed by atoms with Crippen LogP contribution in [0.1, 0.15) is 11.1 Å². The first-order valence-electron chi connectivity index (χ1n) is 7.44. The lowest BCUT2D eigenvalue weighted by atomic mass is 10.1. The summed E-state index contributed by atoms with van der Waals surface area (Å²) >= 11 is 0. The normalized spacial score (nSPS) is 13.2. The van der Waals surface area contributed by atoms with Gasteiger partial charge in [-0.3, -0.25) is 4.90 Å². The van der Waals surface area contributed by atoms with Gasteiger partial charge < -0.3 is 14.2 Å². The van der Waals surface area contributed by atoms with E-state index in [9.17, 15) is 0 Å². The molecule has 2 aromatic rings. The Balaban J connectivity index is 1.64. The summed E-state index contributed by atoms with van der Waals surface area (Å²) in [5, 5.41) is 0. The van der Waals surface area contributed by atoms with Crippen LogP contribution in [0.3, 0.4) is 0 Å². The highest BCUT2D eigenvalue weighted by atomic mass is 16.6. The number of rotatable bonds is 5. The van der Waals surface area contributed by atoms with Gasteiger partial charge in [-0.1, -0.05) is 18.2 Å². The number of fused-ring (bicyclic) bond motifs is 1. The van der Waals surface area contributed by atoms with Crippen LogP contribution >= 0.6 is 0 Å². The fraction of sp³-hybridized carbons (Fsp3) is 0.333. The number of hydrogen-bond acceptors (Lipinski definition) is 4. The van der Waals surface area contributed by atoms with Crippen LogP contribution in [-0.4, -0.2) is 32.3 Å². The van der Waals surface area contributed by atoms with Gasteiger partial charge in [-0.25, -0.2) is 0 Å². The van der Waals surface area contributed by atoms with E-state index in [1.54, 1.807) is 7.11 Å². The van der Waals surface area contributed by atoms with Crippen molar-refractivity contribution in [1.82, 2.24) is 4.90 Å². The average Bonchev–Trinajstić information content (AvgIpc) is 2.55. The number of nitrogens with zero attached hydrogens (tertiary/aromatic N) is 1. The van der Waals surface area contributed by atoms with Crippen molar-refractivity contribution < 1.29 is 14.2 Å². The Morgan fingerprint density at radius 3 is 2.45 bits per heavy atom. The van der Waals surface area contributed by atoms with Crippen LogP contribution in [0.2, 0.25) is 0 Å². The van der Waals surface area contributed by atoms with E-state index in [4.69, 9.17) is 14.2 Å². The number of benzene rings is 2. The molecule has 0 radical (unpaired) electrons. The molecule has 1 aliphatic heterocycles. The van der Waals surface area contributed by atoms with Crippen molar-refractivity contribution in [2.24, 2.45) is 0 Å². The van der Waals surface area contributed by atoms with Crippen LogP contribution in [0.4, 0.5) is 0 Å². The third kappa shape index (κ3) is 3.52. The molecule has 4 nitrogen and oxygen atoms in total. The van der Waals surface area contributed by atoms with Crippen molar-refractivity contribution in [2.75, 3.05) is 27.4 Å². The lowest BCUT2D eigenvalue weighted by Crippen LogP contribution is -2.18. The molecule has 116 valence electrons. The molecule has 0 bridgehead atoms. The molecule has 0 N–H and O–H groups in total. The molecule has 0 saturated carbocycles. The van der Waals surface area contributed by atoms with Crippen molar-refractivity contribution in [3.05, 3.63) is 53.6 Å². The maximum absolute atomic E-state index is 5.63. The van der Waals surface area contributed by atoms with Crippen LogP contribution in [0.15, 0.2) is 42.5 Å². The highest BCUT2D eigenvalue weighted by Crippen LogP contribution is 2.31. The SMILES string of the molecule is COc1cccc(CN(C)Cc2ccc3c(c2)OCCO3)c1. The number of methoxy groups -OCH3 is 1. The van der Waals surface area contributed by atoms with Gasteiger partial charge in [0.1, 0.15) is 19.0 Å². The third-order valence-corrected chi connectivity index (χ3v) is 3.65. The second kappa shape index (κ2) is 6.71. The summed E-state index contributed by atoms with van der Waals surface area (Å²) in [7, 11) is 3.80. The Morgan fingerprint density at radius 1 is 0.955 bits per heavy atom. The van der Waals surface area contributed by atoms with Crippen LogP contribution in [0.25, 0.3) is 0 Å². The van der Waals surface area contributed by atoms with Gasteiger partial charge in [0, 0.05) is 13.1 Å². The van der Waals surface area contributed by atoms with Gasteiger partial charge in [-0.05, 0) is 42.4 Å². The van der Waals surface area contributed by atoms with Crippen LogP contribution in [0, 0.1) is 0 Å². The molecular formula is C18H21NO3. The summed E-state index contributed by atoms with van der Waals surface area (Å²) in [4.78, 5) is 2.26. The highest BCUT2D eigenvalue weighted by Gasteiger charge is 2.12. The molecule has 0 saturated heterocycles. The summed E-state index contributed by atoms with van der Waals surface area (Å²) < 4.78 is 16.5. The van der Waals surface area contributed by atoms with Crippen molar-refractivity contribution in [3.63, 3.8) is 0 Å². The van der Waals surface area contributed by atoms with E-state index >= 15 is 0 Å². The molecule has 1 heterocycles. The van der Waals surface area contributed by atoms with Crippen molar-refractivity contribution >= 4 is 0 Å². The number of ether oxygens (including phenoxy) is 3. The van der Waals surface area contributed by atoms with Gasteiger partial charge >= 0.3 is 0 Å². The molecule has 0 aromatic heterocycles. The minimum atomic E-state index is 0.621. The largest absolute Gasteiger partial charge is 0.497 e. The summed E-state index contributed by atoms with van der Waals surface area (Å²) in [5.74, 6) is 2.58. The van der Waals surface area contributed by atoms with E-state index in [0.717, 1.165) is 30.3 Å². The Labute approximate surface area is 131 Å². The zero-order valence-electron chi connectivity index (χ0n) is 13.0. The topological polar surface area (TPSA) is 30.9 Å². The molecule has 0 amide bonds. The van der Waals surface area contributed by atoms with Crippen molar-refractivity contribution in [3.8, 4) is 17.2 Å². The van der Waals surface area contributed by atoms with E-state index in [0.29, 0.717) is 13.2 Å². The standard InChI is InChI=1S/C18H21NO3/c1-19(12-14-4-3-5-16(10-14)20-2)13-15-6-7-17-18(11-15)22-9-8-21-17/h3-7,10-11H,8-9,12-13H2,1-2H3. The second-order valence-corrected chi connectivity index (χ2v) is 5.50.